The van der Waals surface area contributed by atoms with Gasteiger partial charge in [-0.1, -0.05) is 6.92 Å². The number of hydrogen-bond acceptors (Lipinski definition) is 4. The normalized spacial score (nSPS) is 20.9. The van der Waals surface area contributed by atoms with E-state index in [9.17, 15) is 0 Å². The van der Waals surface area contributed by atoms with Gasteiger partial charge in [0.15, 0.2) is 0 Å². The van der Waals surface area contributed by atoms with Gasteiger partial charge >= 0.3 is 0 Å². The van der Waals surface area contributed by atoms with Gasteiger partial charge in [-0.15, -0.1) is 0 Å². The first-order valence-corrected chi connectivity index (χ1v) is 4.61. The highest BCUT2D eigenvalue weighted by Gasteiger charge is 2.16. The molecular weight excluding hydrogens is 164 g/mol. The van der Waals surface area contributed by atoms with Crippen molar-refractivity contribution in [2.45, 2.75) is 26.2 Å². The number of fused-ring (bicyclic) bond motifs is 1. The van der Waals surface area contributed by atoms with Crippen molar-refractivity contribution in [1.29, 1.82) is 0 Å². The van der Waals surface area contributed by atoms with E-state index < -0.39 is 0 Å². The topological polar surface area (TPSA) is 63.8 Å². The molecule has 3 N–H and O–H groups in total. The molecule has 0 bridgehead atoms. The zero-order chi connectivity index (χ0) is 9.26. The molecule has 13 heavy (non-hydrogen) atoms. The van der Waals surface area contributed by atoms with Crippen LogP contribution < -0.4 is 11.3 Å². The van der Waals surface area contributed by atoms with Crippen molar-refractivity contribution in [3.63, 3.8) is 0 Å². The molecule has 4 heteroatoms. The second-order valence-electron chi connectivity index (χ2n) is 3.66. The average Bonchev–Trinajstić information content (AvgIpc) is 2.17. The van der Waals surface area contributed by atoms with Gasteiger partial charge in [0.1, 0.15) is 0 Å². The fourth-order valence-corrected chi connectivity index (χ4v) is 1.76. The van der Waals surface area contributed by atoms with E-state index >= 15 is 0 Å². The van der Waals surface area contributed by atoms with Gasteiger partial charge in [0.05, 0.1) is 0 Å². The molecule has 0 amide bonds. The van der Waals surface area contributed by atoms with Crippen LogP contribution in [0.4, 0.5) is 5.95 Å². The van der Waals surface area contributed by atoms with E-state index in [-0.39, 0.29) is 0 Å². The van der Waals surface area contributed by atoms with E-state index in [0.717, 1.165) is 24.5 Å². The van der Waals surface area contributed by atoms with Crippen LogP contribution >= 0.6 is 0 Å². The maximum atomic E-state index is 5.24. The van der Waals surface area contributed by atoms with E-state index in [1.165, 1.54) is 12.0 Å². The summed E-state index contributed by atoms with van der Waals surface area (Å²) in [4.78, 5) is 8.42. The Morgan fingerprint density at radius 3 is 3.23 bits per heavy atom. The lowest BCUT2D eigenvalue weighted by molar-refractivity contribution is 0.492. The second kappa shape index (κ2) is 3.30. The lowest BCUT2D eigenvalue weighted by Gasteiger charge is -2.20. The molecule has 0 spiro atoms. The number of nitrogens with zero attached hydrogens (tertiary/aromatic N) is 2. The summed E-state index contributed by atoms with van der Waals surface area (Å²) in [7, 11) is 0. The molecule has 1 atom stereocenters. The predicted octanol–water partition coefficient (Wildman–Crippen LogP) is 0.887. The van der Waals surface area contributed by atoms with Crippen LogP contribution in [0.15, 0.2) is 6.20 Å². The van der Waals surface area contributed by atoms with Crippen molar-refractivity contribution in [2.24, 2.45) is 11.8 Å². The molecule has 2 rings (SSSR count). The highest BCUT2D eigenvalue weighted by Crippen LogP contribution is 2.23. The van der Waals surface area contributed by atoms with Crippen LogP contribution in [0.2, 0.25) is 0 Å². The third-order valence-electron chi connectivity index (χ3n) is 2.53. The number of nitrogens with two attached hydrogens (primary N) is 1. The monoisotopic (exact) mass is 178 g/mol. The summed E-state index contributed by atoms with van der Waals surface area (Å²) in [5, 5.41) is 0. The summed E-state index contributed by atoms with van der Waals surface area (Å²) in [5.41, 5.74) is 4.90. The molecule has 1 aliphatic carbocycles. The Hall–Kier alpha value is -1.16. The summed E-state index contributed by atoms with van der Waals surface area (Å²) < 4.78 is 0. The maximum absolute atomic E-state index is 5.24. The molecule has 0 saturated carbocycles. The van der Waals surface area contributed by atoms with Gasteiger partial charge in [0, 0.05) is 11.9 Å². The van der Waals surface area contributed by atoms with Crippen molar-refractivity contribution < 1.29 is 0 Å². The highest BCUT2D eigenvalue weighted by molar-refractivity contribution is 5.29. The quantitative estimate of drug-likeness (QED) is 0.495. The molecule has 70 valence electrons. The van der Waals surface area contributed by atoms with Gasteiger partial charge in [-0.3, -0.25) is 5.43 Å². The molecule has 1 aromatic rings. The zero-order valence-electron chi connectivity index (χ0n) is 7.75. The van der Waals surface area contributed by atoms with E-state index in [2.05, 4.69) is 22.3 Å². The zero-order valence-corrected chi connectivity index (χ0v) is 7.75. The van der Waals surface area contributed by atoms with Crippen LogP contribution in [0.1, 0.15) is 24.6 Å². The first-order chi connectivity index (χ1) is 6.29. The van der Waals surface area contributed by atoms with E-state index in [4.69, 9.17) is 5.84 Å². The SMILES string of the molecule is CC1CCc2nc(NN)ncc2C1. The average molecular weight is 178 g/mol. The number of nitrogen functional groups attached to an aromatic ring is 1. The summed E-state index contributed by atoms with van der Waals surface area (Å²) >= 11 is 0. The molecular formula is C9H14N4. The number of hydrogen-bond donors (Lipinski definition) is 2. The molecule has 0 radical (unpaired) electrons. The Labute approximate surface area is 77.5 Å². The summed E-state index contributed by atoms with van der Waals surface area (Å²) in [6, 6.07) is 0. The van der Waals surface area contributed by atoms with Crippen LogP contribution in [0.5, 0.6) is 0 Å². The summed E-state index contributed by atoms with van der Waals surface area (Å²) in [6.07, 6.45) is 5.25. The van der Waals surface area contributed by atoms with Gasteiger partial charge in [-0.25, -0.2) is 15.8 Å². The van der Waals surface area contributed by atoms with Crippen molar-refractivity contribution in [3.05, 3.63) is 17.5 Å². The first kappa shape index (κ1) is 8.44. The number of hydrazine groups is 1. The molecule has 4 nitrogen and oxygen atoms in total. The number of nitrogens with one attached hydrogen (secondary N) is 1. The second-order valence-corrected chi connectivity index (χ2v) is 3.66. The first-order valence-electron chi connectivity index (χ1n) is 4.61. The third-order valence-corrected chi connectivity index (χ3v) is 2.53. The lowest BCUT2D eigenvalue weighted by Crippen LogP contribution is -2.17. The summed E-state index contributed by atoms with van der Waals surface area (Å²) in [5.74, 6) is 6.51. The Kier molecular flexibility index (Phi) is 2.14. The van der Waals surface area contributed by atoms with E-state index in [1.54, 1.807) is 0 Å². The van der Waals surface area contributed by atoms with Crippen molar-refractivity contribution in [2.75, 3.05) is 5.43 Å². The molecule has 1 aromatic heterocycles. The number of aromatic nitrogens is 2. The minimum Gasteiger partial charge on any atom is -0.292 e. The fourth-order valence-electron chi connectivity index (χ4n) is 1.76. The summed E-state index contributed by atoms with van der Waals surface area (Å²) in [6.45, 7) is 2.26. The predicted molar refractivity (Wildman–Crippen MR) is 51.0 cm³/mol. The van der Waals surface area contributed by atoms with Gasteiger partial charge < -0.3 is 0 Å². The molecule has 1 unspecified atom stereocenters. The maximum Gasteiger partial charge on any atom is 0.237 e. The largest absolute Gasteiger partial charge is 0.292 e. The lowest BCUT2D eigenvalue weighted by atomic mass is 9.89. The number of rotatable bonds is 1. The Morgan fingerprint density at radius 1 is 1.62 bits per heavy atom. The molecule has 1 aliphatic rings. The number of aryl methyl sites for hydroxylation is 1. The smallest absolute Gasteiger partial charge is 0.237 e. The molecule has 0 aromatic carbocycles. The molecule has 0 fully saturated rings. The van der Waals surface area contributed by atoms with Crippen molar-refractivity contribution in [1.82, 2.24) is 9.97 Å². The highest BCUT2D eigenvalue weighted by atomic mass is 15.3. The Morgan fingerprint density at radius 2 is 2.46 bits per heavy atom. The van der Waals surface area contributed by atoms with Crippen LogP contribution in [0.25, 0.3) is 0 Å². The van der Waals surface area contributed by atoms with Crippen LogP contribution in [0.3, 0.4) is 0 Å². The van der Waals surface area contributed by atoms with Crippen LogP contribution in [0, 0.1) is 5.92 Å². The van der Waals surface area contributed by atoms with E-state index in [0.29, 0.717) is 5.95 Å². The fraction of sp³-hybridized carbons (Fsp3) is 0.556. The third kappa shape index (κ3) is 1.62. The minimum atomic E-state index is 0.522. The van der Waals surface area contributed by atoms with Crippen molar-refractivity contribution >= 4 is 5.95 Å². The van der Waals surface area contributed by atoms with Crippen LogP contribution in [-0.2, 0) is 12.8 Å². The van der Waals surface area contributed by atoms with Gasteiger partial charge in [-0.2, -0.15) is 0 Å². The number of anilines is 1. The Bertz CT molecular complexity index is 310. The molecule has 0 saturated heterocycles. The van der Waals surface area contributed by atoms with Crippen LogP contribution in [-0.4, -0.2) is 9.97 Å². The van der Waals surface area contributed by atoms with Crippen molar-refractivity contribution in [3.8, 4) is 0 Å². The van der Waals surface area contributed by atoms with Gasteiger partial charge in [0.2, 0.25) is 5.95 Å². The van der Waals surface area contributed by atoms with Gasteiger partial charge in [-0.05, 0) is 30.7 Å². The van der Waals surface area contributed by atoms with Gasteiger partial charge in [0.25, 0.3) is 0 Å². The molecule has 1 heterocycles. The molecule has 0 aliphatic heterocycles. The minimum absolute atomic E-state index is 0.522. The Balaban J connectivity index is 2.31. The standard InChI is InChI=1S/C9H14N4/c1-6-2-3-8-7(4-6)5-11-9(12-8)13-10/h5-6H,2-4,10H2,1H3,(H,11,12,13). The van der Waals surface area contributed by atoms with E-state index in [1.807, 2.05) is 6.20 Å².